The number of carbonyl (C=O) groups excluding carboxylic acids is 2. The van der Waals surface area contributed by atoms with Crippen LogP contribution in [0, 0.1) is 0 Å². The standard InChI is InChI=1S/C21H26N2O7/c1-26-15-6-5-7-16(12-15)30-9-8-22-19(24)13-23-21(25)14-10-17(27-2)20(29-4)18(11-14)28-3/h5-7,10-12H,8-9,13H2,1-4H3,(H,22,24)(H,23,25). The molecule has 2 aromatic rings. The van der Waals surface area contributed by atoms with Gasteiger partial charge in [0.15, 0.2) is 11.5 Å². The fourth-order valence-electron chi connectivity index (χ4n) is 2.59. The van der Waals surface area contributed by atoms with Crippen LogP contribution in [0.4, 0.5) is 0 Å². The molecule has 0 unspecified atom stereocenters. The van der Waals surface area contributed by atoms with Crippen LogP contribution in [-0.4, -0.2) is 59.9 Å². The van der Waals surface area contributed by atoms with Gasteiger partial charge in [-0.05, 0) is 24.3 Å². The topological polar surface area (TPSA) is 104 Å². The van der Waals surface area contributed by atoms with Gasteiger partial charge < -0.3 is 34.3 Å². The van der Waals surface area contributed by atoms with Gasteiger partial charge in [0.2, 0.25) is 11.7 Å². The van der Waals surface area contributed by atoms with Crippen molar-refractivity contribution in [3.8, 4) is 28.7 Å². The molecule has 0 radical (unpaired) electrons. The van der Waals surface area contributed by atoms with E-state index in [1.54, 1.807) is 19.2 Å². The summed E-state index contributed by atoms with van der Waals surface area (Å²) in [6, 6.07) is 10.2. The number of methoxy groups -OCH3 is 4. The summed E-state index contributed by atoms with van der Waals surface area (Å²) in [5.41, 5.74) is 0.277. The third-order valence-electron chi connectivity index (χ3n) is 4.07. The monoisotopic (exact) mass is 418 g/mol. The van der Waals surface area contributed by atoms with Crippen LogP contribution in [0.25, 0.3) is 0 Å². The minimum atomic E-state index is -0.447. The van der Waals surface area contributed by atoms with Gasteiger partial charge in [-0.15, -0.1) is 0 Å². The molecule has 0 saturated heterocycles. The highest BCUT2D eigenvalue weighted by Gasteiger charge is 2.17. The molecular formula is C21H26N2O7. The summed E-state index contributed by atoms with van der Waals surface area (Å²) in [4.78, 5) is 24.3. The molecule has 0 heterocycles. The van der Waals surface area contributed by atoms with E-state index in [1.807, 2.05) is 12.1 Å². The number of hydrogen-bond acceptors (Lipinski definition) is 7. The van der Waals surface area contributed by atoms with Crippen LogP contribution in [0.15, 0.2) is 36.4 Å². The van der Waals surface area contributed by atoms with Crippen molar-refractivity contribution >= 4 is 11.8 Å². The van der Waals surface area contributed by atoms with Crippen molar-refractivity contribution in [1.29, 1.82) is 0 Å². The lowest BCUT2D eigenvalue weighted by Gasteiger charge is -2.14. The Hall–Kier alpha value is -3.62. The zero-order valence-electron chi connectivity index (χ0n) is 17.4. The predicted molar refractivity (Wildman–Crippen MR) is 110 cm³/mol. The Morgan fingerprint density at radius 1 is 0.833 bits per heavy atom. The molecule has 0 aromatic heterocycles. The smallest absolute Gasteiger partial charge is 0.251 e. The van der Waals surface area contributed by atoms with Crippen LogP contribution in [0.5, 0.6) is 28.7 Å². The molecule has 0 aliphatic carbocycles. The van der Waals surface area contributed by atoms with Gasteiger partial charge >= 0.3 is 0 Å². The van der Waals surface area contributed by atoms with Gasteiger partial charge in [0.25, 0.3) is 5.91 Å². The molecular weight excluding hydrogens is 392 g/mol. The van der Waals surface area contributed by atoms with Crippen molar-refractivity contribution in [1.82, 2.24) is 10.6 Å². The fraction of sp³-hybridized carbons (Fsp3) is 0.333. The van der Waals surface area contributed by atoms with Crippen molar-refractivity contribution in [2.24, 2.45) is 0 Å². The zero-order valence-corrected chi connectivity index (χ0v) is 17.4. The molecule has 30 heavy (non-hydrogen) atoms. The first-order valence-electron chi connectivity index (χ1n) is 9.14. The van der Waals surface area contributed by atoms with Gasteiger partial charge in [-0.2, -0.15) is 0 Å². The summed E-state index contributed by atoms with van der Waals surface area (Å²) >= 11 is 0. The fourth-order valence-corrected chi connectivity index (χ4v) is 2.59. The van der Waals surface area contributed by atoms with E-state index in [0.29, 0.717) is 28.7 Å². The second kappa shape index (κ2) is 11.4. The Morgan fingerprint density at radius 2 is 1.50 bits per heavy atom. The molecule has 0 bridgehead atoms. The summed E-state index contributed by atoms with van der Waals surface area (Å²) in [6.07, 6.45) is 0. The lowest BCUT2D eigenvalue weighted by Crippen LogP contribution is -2.38. The second-order valence-electron chi connectivity index (χ2n) is 5.97. The summed E-state index contributed by atoms with van der Waals surface area (Å²) < 4.78 is 26.3. The molecule has 0 aliphatic heterocycles. The molecule has 0 atom stereocenters. The first kappa shape index (κ1) is 22.7. The maximum atomic E-state index is 12.4. The molecule has 2 N–H and O–H groups in total. The van der Waals surface area contributed by atoms with E-state index in [2.05, 4.69) is 10.6 Å². The quantitative estimate of drug-likeness (QED) is 0.535. The Bertz CT molecular complexity index is 845. The summed E-state index contributed by atoms with van der Waals surface area (Å²) in [7, 11) is 5.97. The van der Waals surface area contributed by atoms with E-state index >= 15 is 0 Å². The van der Waals surface area contributed by atoms with E-state index in [-0.39, 0.29) is 31.2 Å². The molecule has 9 nitrogen and oxygen atoms in total. The van der Waals surface area contributed by atoms with Gasteiger partial charge in [0.1, 0.15) is 18.1 Å². The van der Waals surface area contributed by atoms with Gasteiger partial charge in [0, 0.05) is 11.6 Å². The number of rotatable bonds is 11. The number of amides is 2. The minimum Gasteiger partial charge on any atom is -0.497 e. The van der Waals surface area contributed by atoms with Gasteiger partial charge in [-0.3, -0.25) is 9.59 Å². The Morgan fingerprint density at radius 3 is 2.10 bits per heavy atom. The first-order valence-corrected chi connectivity index (χ1v) is 9.14. The molecule has 0 aliphatic rings. The minimum absolute atomic E-state index is 0.186. The van der Waals surface area contributed by atoms with E-state index < -0.39 is 5.91 Å². The number of hydrogen-bond donors (Lipinski definition) is 2. The highest BCUT2D eigenvalue weighted by Crippen LogP contribution is 2.38. The number of carbonyl (C=O) groups is 2. The number of ether oxygens (including phenoxy) is 5. The highest BCUT2D eigenvalue weighted by molar-refractivity contribution is 5.97. The van der Waals surface area contributed by atoms with Crippen LogP contribution in [0.2, 0.25) is 0 Å². The van der Waals surface area contributed by atoms with Gasteiger partial charge in [-0.25, -0.2) is 0 Å². The van der Waals surface area contributed by atoms with Crippen molar-refractivity contribution in [3.05, 3.63) is 42.0 Å². The van der Waals surface area contributed by atoms with E-state index in [4.69, 9.17) is 23.7 Å². The predicted octanol–water partition coefficient (Wildman–Crippen LogP) is 1.65. The average molecular weight is 418 g/mol. The van der Waals surface area contributed by atoms with E-state index in [0.717, 1.165) is 0 Å². The normalized spacial score (nSPS) is 10.0. The second-order valence-corrected chi connectivity index (χ2v) is 5.97. The van der Waals surface area contributed by atoms with Gasteiger partial charge in [-0.1, -0.05) is 6.07 Å². The molecule has 0 saturated carbocycles. The van der Waals surface area contributed by atoms with Crippen LogP contribution in [0.1, 0.15) is 10.4 Å². The number of nitrogens with one attached hydrogen (secondary N) is 2. The SMILES string of the molecule is COc1cccc(OCCNC(=O)CNC(=O)c2cc(OC)c(OC)c(OC)c2)c1. The third kappa shape index (κ3) is 6.20. The Kier molecular flexibility index (Phi) is 8.61. The average Bonchev–Trinajstić information content (AvgIpc) is 2.79. The van der Waals surface area contributed by atoms with Crippen LogP contribution < -0.4 is 34.3 Å². The lowest BCUT2D eigenvalue weighted by atomic mass is 10.1. The van der Waals surface area contributed by atoms with Crippen molar-refractivity contribution < 1.29 is 33.3 Å². The number of benzene rings is 2. The molecule has 0 spiro atoms. The first-order chi connectivity index (χ1) is 14.5. The summed E-state index contributed by atoms with van der Waals surface area (Å²) in [5.74, 6) is 1.61. The third-order valence-corrected chi connectivity index (χ3v) is 4.07. The summed E-state index contributed by atoms with van der Waals surface area (Å²) in [6.45, 7) is 0.379. The maximum Gasteiger partial charge on any atom is 0.251 e. The van der Waals surface area contributed by atoms with Crippen molar-refractivity contribution in [2.45, 2.75) is 0 Å². The Labute approximate surface area is 175 Å². The molecule has 2 amide bonds. The molecule has 162 valence electrons. The van der Waals surface area contributed by atoms with Crippen LogP contribution in [-0.2, 0) is 4.79 Å². The van der Waals surface area contributed by atoms with E-state index in [1.165, 1.54) is 33.5 Å². The molecule has 2 aromatic carbocycles. The maximum absolute atomic E-state index is 12.4. The van der Waals surface area contributed by atoms with Crippen molar-refractivity contribution in [2.75, 3.05) is 48.1 Å². The van der Waals surface area contributed by atoms with Crippen LogP contribution in [0.3, 0.4) is 0 Å². The largest absolute Gasteiger partial charge is 0.497 e. The molecule has 2 rings (SSSR count). The highest BCUT2D eigenvalue weighted by atomic mass is 16.5. The van der Waals surface area contributed by atoms with E-state index in [9.17, 15) is 9.59 Å². The zero-order chi connectivity index (χ0) is 21.9. The molecule has 0 fully saturated rings. The van der Waals surface area contributed by atoms with Crippen LogP contribution >= 0.6 is 0 Å². The van der Waals surface area contributed by atoms with Gasteiger partial charge in [0.05, 0.1) is 41.5 Å². The summed E-state index contributed by atoms with van der Waals surface area (Å²) in [5, 5.41) is 5.22. The van der Waals surface area contributed by atoms with Crippen molar-refractivity contribution in [3.63, 3.8) is 0 Å². The lowest BCUT2D eigenvalue weighted by molar-refractivity contribution is -0.120. The Balaban J connectivity index is 1.80. The molecule has 9 heteroatoms.